The number of aromatic carboxylic acids is 1. The maximum atomic E-state index is 11.0. The van der Waals surface area contributed by atoms with E-state index >= 15 is 0 Å². The number of benzene rings is 2. The van der Waals surface area contributed by atoms with Gasteiger partial charge in [-0.25, -0.2) is 4.79 Å². The van der Waals surface area contributed by atoms with Crippen molar-refractivity contribution in [3.63, 3.8) is 0 Å². The third-order valence-electron chi connectivity index (χ3n) is 3.43. The van der Waals surface area contributed by atoms with Crippen LogP contribution in [0.4, 0.5) is 0 Å². The number of nitriles is 1. The molecule has 0 atom stereocenters. The van der Waals surface area contributed by atoms with Crippen LogP contribution in [-0.2, 0) is 0 Å². The number of aromatic hydroxyl groups is 1. The van der Waals surface area contributed by atoms with Crippen LogP contribution < -0.4 is 0 Å². The molecule has 0 radical (unpaired) electrons. The Labute approximate surface area is 130 Å². The summed E-state index contributed by atoms with van der Waals surface area (Å²) in [5.74, 6) is -1.46. The van der Waals surface area contributed by atoms with Crippen molar-refractivity contribution in [1.82, 2.24) is 0 Å². The Morgan fingerprint density at radius 2 is 2.00 bits per heavy atom. The quantitative estimate of drug-likeness (QED) is 0.745. The molecule has 2 N–H and O–H groups in total. The van der Waals surface area contributed by atoms with Crippen LogP contribution in [0.25, 0.3) is 21.2 Å². The molecule has 3 rings (SSSR count). The van der Waals surface area contributed by atoms with Crippen LogP contribution in [-0.4, -0.2) is 16.2 Å². The molecule has 1 heterocycles. The summed E-state index contributed by atoms with van der Waals surface area (Å²) in [7, 11) is 0. The second kappa shape index (κ2) is 5.17. The molecular weight excluding hydrogens is 298 g/mol. The summed E-state index contributed by atoms with van der Waals surface area (Å²) in [5.41, 5.74) is 1.89. The predicted molar refractivity (Wildman–Crippen MR) is 85.3 cm³/mol. The second-order valence-corrected chi connectivity index (χ2v) is 6.23. The minimum Gasteiger partial charge on any atom is -0.507 e. The number of rotatable bonds is 2. The highest BCUT2D eigenvalue weighted by Crippen LogP contribution is 2.36. The molecule has 108 valence electrons. The summed E-state index contributed by atoms with van der Waals surface area (Å²) in [6, 6.07) is 12.2. The van der Waals surface area contributed by atoms with Gasteiger partial charge in [0.25, 0.3) is 0 Å². The van der Waals surface area contributed by atoms with Crippen LogP contribution in [0.5, 0.6) is 5.75 Å². The van der Waals surface area contributed by atoms with Gasteiger partial charge in [0.2, 0.25) is 0 Å². The molecule has 0 unspecified atom stereocenters. The number of thiophene rings is 1. The number of hydrogen-bond acceptors (Lipinski definition) is 4. The van der Waals surface area contributed by atoms with Gasteiger partial charge in [-0.3, -0.25) is 0 Å². The first-order valence-electron chi connectivity index (χ1n) is 6.50. The molecule has 0 bridgehead atoms. The van der Waals surface area contributed by atoms with Gasteiger partial charge in [0.1, 0.15) is 11.3 Å². The SMILES string of the molecule is Cc1cc2c(-c3ccc(C(=O)O)c(O)c3)cc(C#N)cc2s1. The molecule has 0 aliphatic rings. The molecule has 0 amide bonds. The van der Waals surface area contributed by atoms with Gasteiger partial charge in [-0.05, 0) is 48.4 Å². The molecule has 0 saturated heterocycles. The highest BCUT2D eigenvalue weighted by molar-refractivity contribution is 7.19. The number of nitrogens with zero attached hydrogens (tertiary/aromatic N) is 1. The van der Waals surface area contributed by atoms with E-state index in [1.807, 2.05) is 19.1 Å². The van der Waals surface area contributed by atoms with Gasteiger partial charge < -0.3 is 10.2 Å². The zero-order valence-corrected chi connectivity index (χ0v) is 12.4. The lowest BCUT2D eigenvalue weighted by Crippen LogP contribution is -1.96. The third-order valence-corrected chi connectivity index (χ3v) is 4.43. The van der Waals surface area contributed by atoms with Crippen molar-refractivity contribution in [2.45, 2.75) is 6.92 Å². The van der Waals surface area contributed by atoms with Crippen molar-refractivity contribution in [2.24, 2.45) is 0 Å². The van der Waals surface area contributed by atoms with Gasteiger partial charge in [0.05, 0.1) is 11.6 Å². The summed E-state index contributed by atoms with van der Waals surface area (Å²) >= 11 is 1.60. The van der Waals surface area contributed by atoms with Gasteiger partial charge in [0, 0.05) is 15.0 Å². The largest absolute Gasteiger partial charge is 0.507 e. The average molecular weight is 309 g/mol. The topological polar surface area (TPSA) is 81.3 Å². The number of carboxylic acid groups (broad SMARTS) is 1. The van der Waals surface area contributed by atoms with Crippen LogP contribution in [0.1, 0.15) is 20.8 Å². The van der Waals surface area contributed by atoms with E-state index in [9.17, 15) is 15.2 Å². The van der Waals surface area contributed by atoms with Crippen molar-refractivity contribution >= 4 is 27.4 Å². The van der Waals surface area contributed by atoms with E-state index in [0.29, 0.717) is 11.1 Å². The normalized spacial score (nSPS) is 10.5. The van der Waals surface area contributed by atoms with E-state index in [2.05, 4.69) is 6.07 Å². The Morgan fingerprint density at radius 1 is 1.23 bits per heavy atom. The number of phenols is 1. The van der Waals surface area contributed by atoms with Crippen LogP contribution in [0.2, 0.25) is 0 Å². The summed E-state index contributed by atoms with van der Waals surface area (Å²) in [6.07, 6.45) is 0. The summed E-state index contributed by atoms with van der Waals surface area (Å²) < 4.78 is 0.994. The number of carbonyl (C=O) groups is 1. The molecule has 4 nitrogen and oxygen atoms in total. The molecule has 0 saturated carbocycles. The van der Waals surface area contributed by atoms with Crippen molar-refractivity contribution in [3.05, 3.63) is 52.4 Å². The molecule has 0 aliphatic carbocycles. The first kappa shape index (κ1) is 14.1. The Morgan fingerprint density at radius 3 is 2.64 bits per heavy atom. The fourth-order valence-corrected chi connectivity index (χ4v) is 3.44. The zero-order chi connectivity index (χ0) is 15.9. The van der Waals surface area contributed by atoms with Crippen LogP contribution >= 0.6 is 11.3 Å². The van der Waals surface area contributed by atoms with E-state index < -0.39 is 5.97 Å². The van der Waals surface area contributed by atoms with Crippen molar-refractivity contribution < 1.29 is 15.0 Å². The standard InChI is InChI=1S/C17H11NO3S/c1-9-4-14-13(5-10(8-18)6-16(14)22-9)11-2-3-12(17(20)21)15(19)7-11/h2-7,19H,1H3,(H,20,21). The molecule has 0 fully saturated rings. The van der Waals surface area contributed by atoms with Gasteiger partial charge in [-0.15, -0.1) is 11.3 Å². The maximum absolute atomic E-state index is 11.0. The Bertz CT molecular complexity index is 950. The lowest BCUT2D eigenvalue weighted by Gasteiger charge is -2.07. The predicted octanol–water partition coefficient (Wildman–Crippen LogP) is 4.15. The number of aryl methyl sites for hydroxylation is 1. The van der Waals surface area contributed by atoms with E-state index in [1.165, 1.54) is 12.1 Å². The maximum Gasteiger partial charge on any atom is 0.339 e. The highest BCUT2D eigenvalue weighted by atomic mass is 32.1. The minimum absolute atomic E-state index is 0.141. The molecule has 2 aromatic carbocycles. The van der Waals surface area contributed by atoms with Gasteiger partial charge >= 0.3 is 5.97 Å². The summed E-state index contributed by atoms with van der Waals surface area (Å²) in [4.78, 5) is 12.1. The monoisotopic (exact) mass is 309 g/mol. The van der Waals surface area contributed by atoms with Gasteiger partial charge in [-0.1, -0.05) is 6.07 Å². The molecule has 22 heavy (non-hydrogen) atoms. The van der Waals surface area contributed by atoms with E-state index in [1.54, 1.807) is 23.5 Å². The Kier molecular flexibility index (Phi) is 3.32. The van der Waals surface area contributed by atoms with Gasteiger partial charge in [-0.2, -0.15) is 5.26 Å². The van der Waals surface area contributed by atoms with Crippen molar-refractivity contribution in [1.29, 1.82) is 5.26 Å². The Balaban J connectivity index is 2.27. The number of hydrogen-bond donors (Lipinski definition) is 2. The van der Waals surface area contributed by atoms with Crippen molar-refractivity contribution in [3.8, 4) is 22.9 Å². The van der Waals surface area contributed by atoms with E-state index in [4.69, 9.17) is 5.11 Å². The van der Waals surface area contributed by atoms with Gasteiger partial charge in [0.15, 0.2) is 0 Å². The van der Waals surface area contributed by atoms with Crippen LogP contribution in [0.3, 0.4) is 0 Å². The first-order valence-corrected chi connectivity index (χ1v) is 7.32. The fourth-order valence-electron chi connectivity index (χ4n) is 2.45. The smallest absolute Gasteiger partial charge is 0.339 e. The molecule has 1 aromatic heterocycles. The molecule has 5 heteroatoms. The molecule has 0 spiro atoms. The van der Waals surface area contributed by atoms with Crippen LogP contribution in [0, 0.1) is 18.3 Å². The lowest BCUT2D eigenvalue weighted by atomic mass is 9.98. The number of carboxylic acids is 1. The van der Waals surface area contributed by atoms with Crippen molar-refractivity contribution in [2.75, 3.05) is 0 Å². The second-order valence-electron chi connectivity index (χ2n) is 4.94. The third kappa shape index (κ3) is 2.30. The fraction of sp³-hybridized carbons (Fsp3) is 0.0588. The Hall–Kier alpha value is -2.84. The lowest BCUT2D eigenvalue weighted by molar-refractivity contribution is 0.0694. The van der Waals surface area contributed by atoms with E-state index in [0.717, 1.165) is 20.5 Å². The molecular formula is C17H11NO3S. The first-order chi connectivity index (χ1) is 10.5. The molecule has 3 aromatic rings. The van der Waals surface area contributed by atoms with E-state index in [-0.39, 0.29) is 11.3 Å². The number of fused-ring (bicyclic) bond motifs is 1. The molecule has 0 aliphatic heterocycles. The average Bonchev–Trinajstić information content (AvgIpc) is 2.85. The summed E-state index contributed by atoms with van der Waals surface area (Å²) in [5, 5.41) is 29.0. The summed E-state index contributed by atoms with van der Waals surface area (Å²) in [6.45, 7) is 1.99. The highest BCUT2D eigenvalue weighted by Gasteiger charge is 2.13. The minimum atomic E-state index is -1.17. The van der Waals surface area contributed by atoms with Crippen LogP contribution in [0.15, 0.2) is 36.4 Å². The zero-order valence-electron chi connectivity index (χ0n) is 11.6.